The molecule has 3 amide bonds. The maximum Gasteiger partial charge on any atom is 0.324 e. The number of benzene rings is 1. The quantitative estimate of drug-likeness (QED) is 0.724. The van der Waals surface area contributed by atoms with Crippen LogP contribution < -0.4 is 10.6 Å². The van der Waals surface area contributed by atoms with E-state index in [4.69, 9.17) is 4.84 Å². The van der Waals surface area contributed by atoms with E-state index in [9.17, 15) is 9.59 Å². The molecule has 86 valence electrons. The van der Waals surface area contributed by atoms with Gasteiger partial charge >= 0.3 is 6.03 Å². The molecule has 1 aromatic rings. The first-order valence-electron chi connectivity index (χ1n) is 5.16. The summed E-state index contributed by atoms with van der Waals surface area (Å²) >= 11 is 0. The van der Waals surface area contributed by atoms with Crippen LogP contribution in [-0.4, -0.2) is 23.9 Å². The Hall–Kier alpha value is -2.37. The fraction of sp³-hybridized carbons (Fsp3) is 0.182. The second-order valence-corrected chi connectivity index (χ2v) is 3.81. The fourth-order valence-corrected chi connectivity index (χ4v) is 1.94. The van der Waals surface area contributed by atoms with Crippen LogP contribution in [0, 0.1) is 5.92 Å². The van der Waals surface area contributed by atoms with E-state index in [0.717, 1.165) is 5.56 Å². The van der Waals surface area contributed by atoms with Gasteiger partial charge in [0.25, 0.3) is 0 Å². The summed E-state index contributed by atoms with van der Waals surface area (Å²) in [6.07, 6.45) is -0.702. The Balaban J connectivity index is 1.94. The Morgan fingerprint density at radius 1 is 1.18 bits per heavy atom. The molecule has 3 rings (SSSR count). The summed E-state index contributed by atoms with van der Waals surface area (Å²) in [6.45, 7) is 0. The minimum absolute atomic E-state index is 0.390. The second kappa shape index (κ2) is 3.58. The Bertz CT molecular complexity index is 512. The van der Waals surface area contributed by atoms with Gasteiger partial charge in [0.1, 0.15) is 11.6 Å². The van der Waals surface area contributed by atoms with Crippen molar-refractivity contribution in [1.29, 1.82) is 0 Å². The number of carbonyl (C=O) groups is 2. The monoisotopic (exact) mass is 231 g/mol. The lowest BCUT2D eigenvalue weighted by Crippen LogP contribution is -2.58. The summed E-state index contributed by atoms with van der Waals surface area (Å²) in [6, 6.07) is 8.71. The maximum absolute atomic E-state index is 11.7. The molecule has 2 atom stereocenters. The first-order valence-corrected chi connectivity index (χ1v) is 5.16. The predicted molar refractivity (Wildman–Crippen MR) is 58.0 cm³/mol. The summed E-state index contributed by atoms with van der Waals surface area (Å²) in [4.78, 5) is 27.9. The lowest BCUT2D eigenvalue weighted by molar-refractivity contribution is -0.126. The topological polar surface area (TPSA) is 79.8 Å². The molecule has 2 aliphatic heterocycles. The van der Waals surface area contributed by atoms with Gasteiger partial charge in [-0.05, 0) is 0 Å². The number of nitrogens with one attached hydrogen (secondary N) is 2. The van der Waals surface area contributed by atoms with Gasteiger partial charge in [-0.1, -0.05) is 35.5 Å². The first kappa shape index (κ1) is 9.83. The summed E-state index contributed by atoms with van der Waals surface area (Å²) in [5.74, 6) is -0.978. The molecule has 0 spiro atoms. The highest BCUT2D eigenvalue weighted by Crippen LogP contribution is 2.23. The number of amides is 3. The zero-order valence-corrected chi connectivity index (χ0v) is 8.71. The Kier molecular flexibility index (Phi) is 2.07. The molecule has 1 aromatic carbocycles. The van der Waals surface area contributed by atoms with Gasteiger partial charge in [0.05, 0.1) is 0 Å². The van der Waals surface area contributed by atoms with E-state index in [1.54, 1.807) is 0 Å². The lowest BCUT2D eigenvalue weighted by atomic mass is 9.94. The molecule has 0 saturated carbocycles. The summed E-state index contributed by atoms with van der Waals surface area (Å²) < 4.78 is 0. The molecular formula is C11H9N3O3. The summed E-state index contributed by atoms with van der Waals surface area (Å²) in [5, 5.41) is 8.58. The Morgan fingerprint density at radius 2 is 1.94 bits per heavy atom. The number of carbonyl (C=O) groups excluding carboxylic acids is 2. The molecule has 17 heavy (non-hydrogen) atoms. The molecular weight excluding hydrogens is 222 g/mol. The van der Waals surface area contributed by atoms with Crippen LogP contribution in [0.1, 0.15) is 5.56 Å². The number of nitrogens with zero attached hydrogens (tertiary/aromatic N) is 1. The minimum atomic E-state index is -0.702. The van der Waals surface area contributed by atoms with Crippen molar-refractivity contribution in [2.75, 3.05) is 0 Å². The average Bonchev–Trinajstić information content (AvgIpc) is 2.74. The third-order valence-corrected chi connectivity index (χ3v) is 2.72. The van der Waals surface area contributed by atoms with Crippen molar-refractivity contribution in [3.63, 3.8) is 0 Å². The molecule has 6 heteroatoms. The van der Waals surface area contributed by atoms with Crippen LogP contribution in [0.25, 0.3) is 0 Å². The third kappa shape index (κ3) is 1.54. The van der Waals surface area contributed by atoms with Gasteiger partial charge in [-0.15, -0.1) is 0 Å². The minimum Gasteiger partial charge on any atom is -0.369 e. The van der Waals surface area contributed by atoms with Gasteiger partial charge < -0.3 is 4.84 Å². The number of imide groups is 1. The van der Waals surface area contributed by atoms with Crippen molar-refractivity contribution < 1.29 is 14.4 Å². The molecule has 0 bridgehead atoms. The smallest absolute Gasteiger partial charge is 0.324 e. The predicted octanol–water partition coefficient (Wildman–Crippen LogP) is 0.203. The van der Waals surface area contributed by atoms with E-state index in [1.165, 1.54) is 0 Å². The van der Waals surface area contributed by atoms with Crippen LogP contribution >= 0.6 is 0 Å². The normalized spacial score (nSPS) is 26.5. The third-order valence-electron chi connectivity index (χ3n) is 2.72. The van der Waals surface area contributed by atoms with Crippen molar-refractivity contribution in [3.8, 4) is 0 Å². The van der Waals surface area contributed by atoms with Gasteiger partial charge in [0, 0.05) is 5.56 Å². The van der Waals surface area contributed by atoms with Crippen molar-refractivity contribution in [3.05, 3.63) is 35.9 Å². The van der Waals surface area contributed by atoms with Crippen LogP contribution in [-0.2, 0) is 9.63 Å². The van der Waals surface area contributed by atoms with E-state index in [0.29, 0.717) is 5.71 Å². The van der Waals surface area contributed by atoms with Gasteiger partial charge in [0.2, 0.25) is 12.1 Å². The molecule has 1 saturated heterocycles. The highest BCUT2D eigenvalue weighted by Gasteiger charge is 2.45. The lowest BCUT2D eigenvalue weighted by Gasteiger charge is -2.23. The van der Waals surface area contributed by atoms with Crippen LogP contribution in [0.4, 0.5) is 4.79 Å². The summed E-state index contributed by atoms with van der Waals surface area (Å²) in [5.41, 5.74) is 1.35. The van der Waals surface area contributed by atoms with Crippen LogP contribution in [0.5, 0.6) is 0 Å². The largest absolute Gasteiger partial charge is 0.369 e. The second-order valence-electron chi connectivity index (χ2n) is 3.81. The van der Waals surface area contributed by atoms with Crippen molar-refractivity contribution >= 4 is 17.6 Å². The SMILES string of the molecule is O=C1NC(=O)C2C(c3ccccc3)=NOC2N1. The van der Waals surface area contributed by atoms with E-state index < -0.39 is 18.2 Å². The molecule has 2 heterocycles. The average molecular weight is 231 g/mol. The van der Waals surface area contributed by atoms with Crippen molar-refractivity contribution in [2.24, 2.45) is 11.1 Å². The van der Waals surface area contributed by atoms with Gasteiger partial charge in [-0.25, -0.2) is 4.79 Å². The first-order chi connectivity index (χ1) is 8.25. The number of hydrogen-bond donors (Lipinski definition) is 2. The molecule has 0 aromatic heterocycles. The van der Waals surface area contributed by atoms with Crippen molar-refractivity contribution in [1.82, 2.24) is 10.6 Å². The molecule has 6 nitrogen and oxygen atoms in total. The zero-order valence-electron chi connectivity index (χ0n) is 8.71. The number of fused-ring (bicyclic) bond motifs is 1. The molecule has 0 radical (unpaired) electrons. The van der Waals surface area contributed by atoms with E-state index in [-0.39, 0.29) is 5.91 Å². The molecule has 2 N–H and O–H groups in total. The highest BCUT2D eigenvalue weighted by molar-refractivity contribution is 6.17. The van der Waals surface area contributed by atoms with Crippen LogP contribution in [0.15, 0.2) is 35.5 Å². The van der Waals surface area contributed by atoms with Gasteiger partial charge in [-0.3, -0.25) is 15.4 Å². The molecule has 1 fully saturated rings. The van der Waals surface area contributed by atoms with Gasteiger partial charge in [-0.2, -0.15) is 0 Å². The number of urea groups is 1. The van der Waals surface area contributed by atoms with E-state index in [1.807, 2.05) is 30.3 Å². The highest BCUT2D eigenvalue weighted by atomic mass is 16.7. The number of oxime groups is 1. The standard InChI is InChI=1S/C11H9N3O3/c15-9-7-8(6-4-2-1-3-5-6)14-17-10(7)13-11(16)12-9/h1-5,7,10H,(H2,12,13,15,16). The Morgan fingerprint density at radius 3 is 2.71 bits per heavy atom. The molecule has 2 unspecified atom stereocenters. The number of hydrogen-bond acceptors (Lipinski definition) is 4. The van der Waals surface area contributed by atoms with E-state index in [2.05, 4.69) is 15.8 Å². The summed E-state index contributed by atoms with van der Waals surface area (Å²) in [7, 11) is 0. The van der Waals surface area contributed by atoms with Crippen LogP contribution in [0.2, 0.25) is 0 Å². The maximum atomic E-state index is 11.7. The number of rotatable bonds is 1. The van der Waals surface area contributed by atoms with Crippen molar-refractivity contribution in [2.45, 2.75) is 6.23 Å². The zero-order chi connectivity index (χ0) is 11.8. The van der Waals surface area contributed by atoms with Gasteiger partial charge in [0.15, 0.2) is 0 Å². The fourth-order valence-electron chi connectivity index (χ4n) is 1.94. The molecule has 0 aliphatic carbocycles. The van der Waals surface area contributed by atoms with Crippen LogP contribution in [0.3, 0.4) is 0 Å². The Labute approximate surface area is 96.6 Å². The van der Waals surface area contributed by atoms with E-state index >= 15 is 0 Å². The molecule has 2 aliphatic rings.